The number of likely N-dealkylation sites (tertiary alicyclic amines) is 1. The average molecular weight is 491 g/mol. The summed E-state index contributed by atoms with van der Waals surface area (Å²) in [6.07, 6.45) is -0.461. The molecule has 2 amide bonds. The minimum atomic E-state index is -4.80. The van der Waals surface area contributed by atoms with Crippen molar-refractivity contribution in [3.63, 3.8) is 0 Å². The molecule has 2 aromatic rings. The van der Waals surface area contributed by atoms with Crippen molar-refractivity contribution in [1.29, 1.82) is 0 Å². The molecule has 2 aliphatic rings. The quantitative estimate of drug-likeness (QED) is 0.602. The summed E-state index contributed by atoms with van der Waals surface area (Å²) in [6.45, 7) is 3.11. The highest BCUT2D eigenvalue weighted by molar-refractivity contribution is 6.39. The smallest absolute Gasteiger partial charge is 0.406 e. The Labute approximate surface area is 202 Å². The molecule has 2 N–H and O–H groups in total. The maximum atomic E-state index is 12.5. The second kappa shape index (κ2) is 10.6. The van der Waals surface area contributed by atoms with Crippen LogP contribution in [0.15, 0.2) is 42.5 Å². The first-order chi connectivity index (χ1) is 16.7. The van der Waals surface area contributed by atoms with Gasteiger partial charge in [-0.15, -0.1) is 13.2 Å². The van der Waals surface area contributed by atoms with Crippen molar-refractivity contribution in [2.24, 2.45) is 0 Å². The number of ether oxygens (including phenoxy) is 1. The standard InChI is InChI=1S/C25H29F3N4O3/c1-31-14-11-18-15-17(5-10-21(18)31)22(32-12-3-2-4-13-32)16-29-23(33)24(34)30-19-6-8-20(9-7-19)35-25(26,27)28/h5-10,15,22H,2-4,11-14,16H2,1H3,(H,29,33)(H,30,34)/t22-/m0/s1. The summed E-state index contributed by atoms with van der Waals surface area (Å²) in [5.74, 6) is -2.10. The van der Waals surface area contributed by atoms with Gasteiger partial charge >= 0.3 is 18.2 Å². The van der Waals surface area contributed by atoms with Crippen LogP contribution >= 0.6 is 0 Å². The second-order valence-electron chi connectivity index (χ2n) is 8.91. The molecular weight excluding hydrogens is 461 g/mol. The number of benzene rings is 2. The number of piperidine rings is 1. The lowest BCUT2D eigenvalue weighted by molar-refractivity contribution is -0.274. The molecule has 1 saturated heterocycles. The van der Waals surface area contributed by atoms with E-state index < -0.39 is 23.9 Å². The number of anilines is 2. The van der Waals surface area contributed by atoms with E-state index in [2.05, 4.69) is 50.4 Å². The number of nitrogens with one attached hydrogen (secondary N) is 2. The van der Waals surface area contributed by atoms with E-state index in [1.807, 2.05) is 0 Å². The highest BCUT2D eigenvalue weighted by Gasteiger charge is 2.31. The van der Waals surface area contributed by atoms with Crippen molar-refractivity contribution >= 4 is 23.2 Å². The van der Waals surface area contributed by atoms with Crippen LogP contribution in [0.4, 0.5) is 24.5 Å². The molecule has 0 saturated carbocycles. The fraction of sp³-hybridized carbons (Fsp3) is 0.440. The molecule has 1 fully saturated rings. The number of amides is 2. The average Bonchev–Trinajstić information content (AvgIpc) is 3.20. The summed E-state index contributed by atoms with van der Waals surface area (Å²) >= 11 is 0. The van der Waals surface area contributed by atoms with Crippen LogP contribution in [0.5, 0.6) is 5.75 Å². The summed E-state index contributed by atoms with van der Waals surface area (Å²) in [5, 5.41) is 5.15. The van der Waals surface area contributed by atoms with Crippen LogP contribution in [0.2, 0.25) is 0 Å². The van der Waals surface area contributed by atoms with E-state index in [9.17, 15) is 22.8 Å². The van der Waals surface area contributed by atoms with Crippen molar-refractivity contribution in [2.75, 3.05) is 43.4 Å². The Hall–Kier alpha value is -3.27. The molecule has 0 spiro atoms. The van der Waals surface area contributed by atoms with Gasteiger partial charge in [0.2, 0.25) is 0 Å². The topological polar surface area (TPSA) is 73.9 Å². The lowest BCUT2D eigenvalue weighted by atomic mass is 9.98. The normalized spacial score (nSPS) is 17.0. The predicted molar refractivity (Wildman–Crippen MR) is 126 cm³/mol. The van der Waals surface area contributed by atoms with Crippen molar-refractivity contribution in [2.45, 2.75) is 38.1 Å². The number of alkyl halides is 3. The third-order valence-corrected chi connectivity index (χ3v) is 6.46. The van der Waals surface area contributed by atoms with Crippen LogP contribution < -0.4 is 20.3 Å². The van der Waals surface area contributed by atoms with Crippen molar-refractivity contribution in [3.8, 4) is 5.75 Å². The molecule has 7 nitrogen and oxygen atoms in total. The van der Waals surface area contributed by atoms with Crippen LogP contribution in [-0.2, 0) is 16.0 Å². The number of carbonyl (C=O) groups excluding carboxylic acids is 2. The fourth-order valence-electron chi connectivity index (χ4n) is 4.68. The fourth-order valence-corrected chi connectivity index (χ4v) is 4.68. The van der Waals surface area contributed by atoms with Gasteiger partial charge in [0.25, 0.3) is 0 Å². The number of carbonyl (C=O) groups is 2. The Kier molecular flexibility index (Phi) is 7.49. The summed E-state index contributed by atoms with van der Waals surface area (Å²) in [5.41, 5.74) is 3.81. The molecule has 188 valence electrons. The number of likely N-dealkylation sites (N-methyl/N-ethyl adjacent to an activating group) is 1. The van der Waals surface area contributed by atoms with E-state index in [0.29, 0.717) is 0 Å². The summed E-state index contributed by atoms with van der Waals surface area (Å²) in [7, 11) is 2.07. The number of rotatable bonds is 6. The second-order valence-corrected chi connectivity index (χ2v) is 8.91. The summed E-state index contributed by atoms with van der Waals surface area (Å²) < 4.78 is 40.7. The molecule has 0 radical (unpaired) electrons. The van der Waals surface area contributed by atoms with Gasteiger partial charge in [-0.3, -0.25) is 14.5 Å². The van der Waals surface area contributed by atoms with E-state index in [-0.39, 0.29) is 18.3 Å². The van der Waals surface area contributed by atoms with E-state index in [0.717, 1.165) is 56.6 Å². The molecule has 0 unspecified atom stereocenters. The van der Waals surface area contributed by atoms with Gasteiger partial charge in [0.1, 0.15) is 5.75 Å². The number of nitrogens with zero attached hydrogens (tertiary/aromatic N) is 2. The molecule has 0 bridgehead atoms. The zero-order valence-electron chi connectivity index (χ0n) is 19.5. The number of hydrogen-bond acceptors (Lipinski definition) is 5. The van der Waals surface area contributed by atoms with Crippen LogP contribution in [-0.4, -0.2) is 56.3 Å². The minimum Gasteiger partial charge on any atom is -0.406 e. The van der Waals surface area contributed by atoms with Crippen LogP contribution in [0, 0.1) is 0 Å². The zero-order chi connectivity index (χ0) is 25.0. The van der Waals surface area contributed by atoms with Gasteiger partial charge in [0.15, 0.2) is 0 Å². The molecule has 2 heterocycles. The van der Waals surface area contributed by atoms with Crippen LogP contribution in [0.25, 0.3) is 0 Å². The molecule has 0 aromatic heterocycles. The maximum absolute atomic E-state index is 12.5. The van der Waals surface area contributed by atoms with Gasteiger partial charge in [-0.2, -0.15) is 0 Å². The Morgan fingerprint density at radius 2 is 1.71 bits per heavy atom. The molecular formula is C25H29F3N4O3. The number of hydrogen-bond donors (Lipinski definition) is 2. The molecule has 35 heavy (non-hydrogen) atoms. The van der Waals surface area contributed by atoms with Gasteiger partial charge in [0, 0.05) is 31.5 Å². The first-order valence-corrected chi connectivity index (χ1v) is 11.7. The number of fused-ring (bicyclic) bond motifs is 1. The first kappa shape index (κ1) is 24.8. The lowest BCUT2D eigenvalue weighted by Crippen LogP contribution is -2.43. The Morgan fingerprint density at radius 3 is 2.40 bits per heavy atom. The van der Waals surface area contributed by atoms with Gasteiger partial charge < -0.3 is 20.3 Å². The van der Waals surface area contributed by atoms with E-state index in [1.54, 1.807) is 0 Å². The van der Waals surface area contributed by atoms with Crippen LogP contribution in [0.1, 0.15) is 36.4 Å². The lowest BCUT2D eigenvalue weighted by Gasteiger charge is -2.35. The Morgan fingerprint density at radius 1 is 1.00 bits per heavy atom. The van der Waals surface area contributed by atoms with E-state index >= 15 is 0 Å². The highest BCUT2D eigenvalue weighted by Crippen LogP contribution is 2.32. The predicted octanol–water partition coefficient (Wildman–Crippen LogP) is 3.86. The van der Waals surface area contributed by atoms with Crippen molar-refractivity contribution in [1.82, 2.24) is 10.2 Å². The molecule has 1 atom stereocenters. The summed E-state index contributed by atoms with van der Waals surface area (Å²) in [4.78, 5) is 29.5. The first-order valence-electron chi connectivity index (χ1n) is 11.7. The monoisotopic (exact) mass is 490 g/mol. The molecule has 4 rings (SSSR count). The van der Waals surface area contributed by atoms with Gasteiger partial charge in [-0.25, -0.2) is 0 Å². The largest absolute Gasteiger partial charge is 0.573 e. The Balaban J connectivity index is 1.39. The van der Waals surface area contributed by atoms with E-state index in [4.69, 9.17) is 0 Å². The third-order valence-electron chi connectivity index (χ3n) is 6.46. The molecule has 2 aromatic carbocycles. The molecule has 0 aliphatic carbocycles. The minimum absolute atomic E-state index is 0.0537. The van der Waals surface area contributed by atoms with E-state index in [1.165, 1.54) is 29.8 Å². The van der Waals surface area contributed by atoms with Gasteiger partial charge in [0.05, 0.1) is 6.04 Å². The maximum Gasteiger partial charge on any atom is 0.573 e. The Bertz CT molecular complexity index is 1050. The van der Waals surface area contributed by atoms with Gasteiger partial charge in [-0.05, 0) is 73.8 Å². The molecule has 2 aliphatic heterocycles. The van der Waals surface area contributed by atoms with Crippen molar-refractivity contribution in [3.05, 3.63) is 53.6 Å². The molecule has 10 heteroatoms. The number of halogens is 3. The highest BCUT2D eigenvalue weighted by atomic mass is 19.4. The zero-order valence-corrected chi connectivity index (χ0v) is 19.5. The van der Waals surface area contributed by atoms with Gasteiger partial charge in [-0.1, -0.05) is 18.6 Å². The third kappa shape index (κ3) is 6.45. The van der Waals surface area contributed by atoms with Crippen LogP contribution in [0.3, 0.4) is 0 Å². The van der Waals surface area contributed by atoms with Crippen molar-refractivity contribution < 1.29 is 27.5 Å². The summed E-state index contributed by atoms with van der Waals surface area (Å²) in [6, 6.07) is 11.0. The SMILES string of the molecule is CN1CCc2cc([C@H](CNC(=O)C(=O)Nc3ccc(OC(F)(F)F)cc3)N3CCCCC3)ccc21.